The maximum Gasteiger partial charge on any atom is 0.182 e. The number of aromatic nitrogens is 1. The van der Waals surface area contributed by atoms with Crippen molar-refractivity contribution in [1.82, 2.24) is 4.37 Å². The third-order valence-corrected chi connectivity index (χ3v) is 4.58. The summed E-state index contributed by atoms with van der Waals surface area (Å²) >= 11 is 1.06. The summed E-state index contributed by atoms with van der Waals surface area (Å²) in [6, 6.07) is 0. The molecule has 0 saturated carbocycles. The number of unbranched alkanes of at least 4 members (excludes halogenated alkanes) is 1. The monoisotopic (exact) mass is 323 g/mol. The highest BCUT2D eigenvalue weighted by atomic mass is 32.2. The van der Waals surface area contributed by atoms with Gasteiger partial charge in [0.15, 0.2) is 15.7 Å². The molecule has 3 N–H and O–H groups in total. The highest BCUT2D eigenvalue weighted by molar-refractivity contribution is 7.91. The summed E-state index contributed by atoms with van der Waals surface area (Å²) in [6.45, 7) is 2.50. The van der Waals surface area contributed by atoms with Crippen LogP contribution in [0.25, 0.3) is 0 Å². The van der Waals surface area contributed by atoms with Gasteiger partial charge in [0.1, 0.15) is 9.90 Å². The first-order chi connectivity index (χ1) is 9.46. The number of rotatable bonds is 10. The number of hydrogen-bond acceptors (Lipinski definition) is 8. The van der Waals surface area contributed by atoms with Gasteiger partial charge < -0.3 is 20.5 Å². The minimum absolute atomic E-state index is 0.0582. The molecule has 0 aliphatic rings. The van der Waals surface area contributed by atoms with Gasteiger partial charge in [0.25, 0.3) is 0 Å². The zero-order chi connectivity index (χ0) is 15.0. The highest BCUT2D eigenvalue weighted by Crippen LogP contribution is 2.31. The molecule has 1 rings (SSSR count). The van der Waals surface area contributed by atoms with Gasteiger partial charge in [-0.1, -0.05) is 0 Å². The second-order valence-electron chi connectivity index (χ2n) is 4.24. The van der Waals surface area contributed by atoms with Crippen molar-refractivity contribution in [2.45, 2.75) is 17.7 Å². The standard InChI is InChI=1S/C11H21N3O4S2/c1-17-7-8-18-6-4-3-5-13-11-9(20(2,15)16)10(12)14-19-11/h13H,3-8H2,1-2H3,(H2,12,14). The van der Waals surface area contributed by atoms with Crippen LogP contribution in [-0.2, 0) is 19.3 Å². The zero-order valence-electron chi connectivity index (χ0n) is 11.7. The van der Waals surface area contributed by atoms with E-state index in [1.54, 1.807) is 7.11 Å². The molecular formula is C11H21N3O4S2. The number of nitrogens with one attached hydrogen (secondary N) is 1. The minimum atomic E-state index is -3.36. The molecule has 0 amide bonds. The van der Waals surface area contributed by atoms with Crippen molar-refractivity contribution in [2.75, 3.05) is 50.8 Å². The molecule has 0 atom stereocenters. The smallest absolute Gasteiger partial charge is 0.182 e. The van der Waals surface area contributed by atoms with Crippen LogP contribution in [0.2, 0.25) is 0 Å². The zero-order valence-corrected chi connectivity index (χ0v) is 13.3. The van der Waals surface area contributed by atoms with Crippen LogP contribution >= 0.6 is 11.5 Å². The number of anilines is 2. The average Bonchev–Trinajstić information content (AvgIpc) is 2.73. The number of ether oxygens (including phenoxy) is 2. The Morgan fingerprint density at radius 3 is 2.70 bits per heavy atom. The van der Waals surface area contributed by atoms with E-state index in [4.69, 9.17) is 15.2 Å². The number of nitrogens with two attached hydrogens (primary N) is 1. The number of sulfone groups is 1. The lowest BCUT2D eigenvalue weighted by atomic mass is 10.3. The van der Waals surface area contributed by atoms with Crippen molar-refractivity contribution in [1.29, 1.82) is 0 Å². The summed E-state index contributed by atoms with van der Waals surface area (Å²) < 4.78 is 37.2. The van der Waals surface area contributed by atoms with Crippen molar-refractivity contribution in [2.24, 2.45) is 0 Å². The van der Waals surface area contributed by atoms with E-state index in [1.807, 2.05) is 0 Å². The third-order valence-electron chi connectivity index (χ3n) is 2.48. The van der Waals surface area contributed by atoms with Gasteiger partial charge in [0.2, 0.25) is 0 Å². The van der Waals surface area contributed by atoms with E-state index < -0.39 is 9.84 Å². The van der Waals surface area contributed by atoms with Gasteiger partial charge in [-0.25, -0.2) is 8.42 Å². The van der Waals surface area contributed by atoms with Gasteiger partial charge in [-0.3, -0.25) is 0 Å². The van der Waals surface area contributed by atoms with Crippen molar-refractivity contribution >= 4 is 32.2 Å². The molecule has 0 unspecified atom stereocenters. The molecule has 9 heteroatoms. The molecule has 116 valence electrons. The van der Waals surface area contributed by atoms with E-state index in [1.165, 1.54) is 0 Å². The van der Waals surface area contributed by atoms with Gasteiger partial charge >= 0.3 is 0 Å². The van der Waals surface area contributed by atoms with Crippen LogP contribution in [0.1, 0.15) is 12.8 Å². The molecule has 0 fully saturated rings. The summed E-state index contributed by atoms with van der Waals surface area (Å²) in [4.78, 5) is 0.0962. The Labute approximate surface area is 123 Å². The van der Waals surface area contributed by atoms with Crippen LogP contribution in [0.3, 0.4) is 0 Å². The van der Waals surface area contributed by atoms with Crippen LogP contribution in [0.5, 0.6) is 0 Å². The second-order valence-corrected chi connectivity index (χ2v) is 6.96. The SMILES string of the molecule is COCCOCCCCNc1snc(N)c1S(C)(=O)=O. The van der Waals surface area contributed by atoms with Gasteiger partial charge in [-0.05, 0) is 24.4 Å². The first kappa shape index (κ1) is 17.2. The van der Waals surface area contributed by atoms with Gasteiger partial charge in [0.05, 0.1) is 13.2 Å². The Morgan fingerprint density at radius 1 is 1.30 bits per heavy atom. The first-order valence-electron chi connectivity index (χ1n) is 6.22. The Bertz CT molecular complexity index is 502. The quantitative estimate of drug-likeness (QED) is 0.619. The maximum absolute atomic E-state index is 11.6. The number of hydrogen-bond donors (Lipinski definition) is 2. The molecule has 0 aromatic carbocycles. The number of methoxy groups -OCH3 is 1. The second kappa shape index (κ2) is 8.40. The summed E-state index contributed by atoms with van der Waals surface area (Å²) in [5, 5.41) is 3.56. The van der Waals surface area contributed by atoms with Crippen LogP contribution in [0.4, 0.5) is 10.8 Å². The average molecular weight is 323 g/mol. The minimum Gasteiger partial charge on any atom is -0.382 e. The van der Waals surface area contributed by atoms with Gasteiger partial charge in [-0.15, -0.1) is 0 Å². The molecule has 0 aliphatic carbocycles. The highest BCUT2D eigenvalue weighted by Gasteiger charge is 2.20. The van der Waals surface area contributed by atoms with Crippen LogP contribution in [0, 0.1) is 0 Å². The first-order valence-corrected chi connectivity index (χ1v) is 8.89. The molecule has 0 radical (unpaired) electrons. The topological polar surface area (TPSA) is 104 Å². The van der Waals surface area contributed by atoms with Gasteiger partial charge in [-0.2, -0.15) is 4.37 Å². The largest absolute Gasteiger partial charge is 0.382 e. The Balaban J connectivity index is 2.30. The molecule has 7 nitrogen and oxygen atoms in total. The molecule has 0 aliphatic heterocycles. The fourth-order valence-corrected chi connectivity index (χ4v) is 3.63. The van der Waals surface area contributed by atoms with Crippen LogP contribution < -0.4 is 11.1 Å². The third kappa shape index (κ3) is 5.61. The number of nitrogens with zero attached hydrogens (tertiary/aromatic N) is 1. The Hall–Kier alpha value is -0.900. The van der Waals surface area contributed by atoms with E-state index >= 15 is 0 Å². The summed E-state index contributed by atoms with van der Waals surface area (Å²) in [6.07, 6.45) is 2.88. The van der Waals surface area contributed by atoms with Crippen molar-refractivity contribution in [3.63, 3.8) is 0 Å². The van der Waals surface area contributed by atoms with Crippen LogP contribution in [0.15, 0.2) is 4.90 Å². The van der Waals surface area contributed by atoms with E-state index in [-0.39, 0.29) is 10.7 Å². The molecule has 1 aromatic heterocycles. The lowest BCUT2D eigenvalue weighted by molar-refractivity contribution is 0.0691. The fourth-order valence-electron chi connectivity index (χ4n) is 1.54. The van der Waals surface area contributed by atoms with Crippen molar-refractivity contribution < 1.29 is 17.9 Å². The molecular weight excluding hydrogens is 302 g/mol. The maximum atomic E-state index is 11.6. The summed E-state index contributed by atoms with van der Waals surface area (Å²) in [7, 11) is -1.72. The Morgan fingerprint density at radius 2 is 2.05 bits per heavy atom. The van der Waals surface area contributed by atoms with E-state index in [9.17, 15) is 8.42 Å². The van der Waals surface area contributed by atoms with Crippen molar-refractivity contribution in [3.8, 4) is 0 Å². The number of nitrogen functional groups attached to an aromatic ring is 1. The predicted molar refractivity (Wildman–Crippen MR) is 80.1 cm³/mol. The fraction of sp³-hybridized carbons (Fsp3) is 0.727. The summed E-state index contributed by atoms with van der Waals surface area (Å²) in [5.41, 5.74) is 5.57. The normalized spacial score (nSPS) is 11.7. The predicted octanol–water partition coefficient (Wildman–Crippen LogP) is 0.984. The van der Waals surface area contributed by atoms with Crippen LogP contribution in [-0.4, -0.2) is 52.5 Å². The molecule has 1 aromatic rings. The van der Waals surface area contributed by atoms with E-state index in [0.717, 1.165) is 30.6 Å². The molecule has 1 heterocycles. The summed E-state index contributed by atoms with van der Waals surface area (Å²) in [5.74, 6) is 0.0582. The lowest BCUT2D eigenvalue weighted by Crippen LogP contribution is -2.08. The molecule has 20 heavy (non-hydrogen) atoms. The van der Waals surface area contributed by atoms with E-state index in [0.29, 0.717) is 31.4 Å². The molecule has 0 saturated heterocycles. The molecule has 0 bridgehead atoms. The Kier molecular flexibility index (Phi) is 7.20. The molecule has 0 spiro atoms. The van der Waals surface area contributed by atoms with Crippen molar-refractivity contribution in [3.05, 3.63) is 0 Å². The van der Waals surface area contributed by atoms with Gasteiger partial charge in [0, 0.05) is 26.5 Å². The van der Waals surface area contributed by atoms with E-state index in [2.05, 4.69) is 9.69 Å². The lowest BCUT2D eigenvalue weighted by Gasteiger charge is -2.06.